The molecule has 3 aromatic rings. The SMILES string of the molecule is COc1cc(-c2cnc3cc(NCC4CCNCC4)ccn23)cc(OC(F)F)c1C#N. The van der Waals surface area contributed by atoms with Crippen LogP contribution in [-0.4, -0.2) is 42.7 Å². The molecule has 0 saturated carbocycles. The molecule has 3 heterocycles. The molecule has 9 heteroatoms. The van der Waals surface area contributed by atoms with Gasteiger partial charge in [-0.1, -0.05) is 0 Å². The summed E-state index contributed by atoms with van der Waals surface area (Å²) in [5.74, 6) is 0.570. The molecule has 0 spiro atoms. The Bertz CT molecular complexity index is 1100. The summed E-state index contributed by atoms with van der Waals surface area (Å²) in [4.78, 5) is 4.46. The van der Waals surface area contributed by atoms with Gasteiger partial charge in [-0.05, 0) is 50.0 Å². The fourth-order valence-electron chi connectivity index (χ4n) is 3.85. The maximum atomic E-state index is 12.9. The maximum Gasteiger partial charge on any atom is 0.387 e. The van der Waals surface area contributed by atoms with Crippen LogP contribution >= 0.6 is 0 Å². The van der Waals surface area contributed by atoms with Crippen molar-refractivity contribution in [3.8, 4) is 28.8 Å². The maximum absolute atomic E-state index is 12.9. The van der Waals surface area contributed by atoms with Crippen LogP contribution in [0.2, 0.25) is 0 Å². The Hall–Kier alpha value is -3.38. The van der Waals surface area contributed by atoms with Crippen LogP contribution in [0.25, 0.3) is 16.9 Å². The Morgan fingerprint density at radius 3 is 2.77 bits per heavy atom. The van der Waals surface area contributed by atoms with Crippen molar-refractivity contribution in [1.29, 1.82) is 5.26 Å². The molecule has 0 bridgehead atoms. The summed E-state index contributed by atoms with van der Waals surface area (Å²) in [7, 11) is 1.38. The lowest BCUT2D eigenvalue weighted by Crippen LogP contribution is -2.31. The minimum absolute atomic E-state index is 0.0789. The van der Waals surface area contributed by atoms with Crippen molar-refractivity contribution in [2.75, 3.05) is 32.1 Å². The number of piperidine rings is 1. The molecule has 31 heavy (non-hydrogen) atoms. The average molecular weight is 427 g/mol. The standard InChI is InChI=1S/C22H23F2N5O2/c1-30-19-8-15(9-20(17(19)11-25)31-22(23)24)18-13-28-21-10-16(4-7-29(18)21)27-12-14-2-5-26-6-3-14/h4,7-10,13-14,22,26-27H,2-3,5-6,12H2,1H3. The molecule has 2 aromatic heterocycles. The first kappa shape index (κ1) is 20.9. The van der Waals surface area contributed by atoms with Crippen molar-refractivity contribution in [1.82, 2.24) is 14.7 Å². The lowest BCUT2D eigenvalue weighted by Gasteiger charge is -2.23. The number of nitrogens with zero attached hydrogens (tertiary/aromatic N) is 3. The highest BCUT2D eigenvalue weighted by Gasteiger charge is 2.19. The second kappa shape index (κ2) is 9.18. The Kier molecular flexibility index (Phi) is 6.18. The van der Waals surface area contributed by atoms with Crippen molar-refractivity contribution in [2.45, 2.75) is 19.5 Å². The van der Waals surface area contributed by atoms with E-state index in [9.17, 15) is 14.0 Å². The highest BCUT2D eigenvalue weighted by atomic mass is 19.3. The van der Waals surface area contributed by atoms with E-state index >= 15 is 0 Å². The minimum atomic E-state index is -3.05. The van der Waals surface area contributed by atoms with E-state index in [1.165, 1.54) is 13.2 Å². The van der Waals surface area contributed by atoms with Crippen molar-refractivity contribution in [2.24, 2.45) is 5.92 Å². The molecule has 0 radical (unpaired) electrons. The second-order valence-corrected chi connectivity index (χ2v) is 7.40. The third-order valence-electron chi connectivity index (χ3n) is 5.48. The van der Waals surface area contributed by atoms with Crippen LogP contribution in [0.15, 0.2) is 36.7 Å². The number of imidazole rings is 1. The lowest BCUT2D eigenvalue weighted by molar-refractivity contribution is -0.0500. The van der Waals surface area contributed by atoms with Gasteiger partial charge in [-0.25, -0.2) is 4.98 Å². The number of alkyl halides is 2. The number of aromatic nitrogens is 2. The number of fused-ring (bicyclic) bond motifs is 1. The number of nitriles is 1. The summed E-state index contributed by atoms with van der Waals surface area (Å²) in [6.45, 7) is -0.0319. The number of benzene rings is 1. The molecule has 7 nitrogen and oxygen atoms in total. The van der Waals surface area contributed by atoms with E-state index in [4.69, 9.17) is 4.74 Å². The fourth-order valence-corrected chi connectivity index (χ4v) is 3.85. The number of methoxy groups -OCH3 is 1. The van der Waals surface area contributed by atoms with Crippen molar-refractivity contribution >= 4 is 11.3 Å². The lowest BCUT2D eigenvalue weighted by atomic mass is 9.98. The number of halogens is 2. The highest BCUT2D eigenvalue weighted by Crippen LogP contribution is 2.36. The van der Waals surface area contributed by atoms with Crippen molar-refractivity contribution < 1.29 is 18.3 Å². The molecular formula is C22H23F2N5O2. The van der Waals surface area contributed by atoms with Gasteiger partial charge in [0.05, 0.1) is 19.0 Å². The van der Waals surface area contributed by atoms with E-state index in [0.717, 1.165) is 38.2 Å². The zero-order valence-corrected chi connectivity index (χ0v) is 17.1. The molecule has 0 atom stereocenters. The molecule has 2 N–H and O–H groups in total. The van der Waals surface area contributed by atoms with Gasteiger partial charge in [-0.3, -0.25) is 4.40 Å². The van der Waals surface area contributed by atoms with Crippen LogP contribution in [-0.2, 0) is 0 Å². The minimum Gasteiger partial charge on any atom is -0.495 e. The van der Waals surface area contributed by atoms with Crippen LogP contribution in [0.3, 0.4) is 0 Å². The predicted molar refractivity (Wildman–Crippen MR) is 113 cm³/mol. The van der Waals surface area contributed by atoms with Crippen LogP contribution in [0.4, 0.5) is 14.5 Å². The van der Waals surface area contributed by atoms with Crippen molar-refractivity contribution in [3.63, 3.8) is 0 Å². The van der Waals surface area contributed by atoms with Gasteiger partial charge < -0.3 is 20.1 Å². The number of rotatable bonds is 7. The van der Waals surface area contributed by atoms with Gasteiger partial charge in [0.1, 0.15) is 28.8 Å². The van der Waals surface area contributed by atoms with Gasteiger partial charge in [-0.2, -0.15) is 14.0 Å². The van der Waals surface area contributed by atoms with Crippen LogP contribution in [0.5, 0.6) is 11.5 Å². The molecular weight excluding hydrogens is 404 g/mol. The molecule has 1 aliphatic rings. The molecule has 0 unspecified atom stereocenters. The van der Waals surface area contributed by atoms with E-state index in [0.29, 0.717) is 22.8 Å². The summed E-state index contributed by atoms with van der Waals surface area (Å²) < 4.78 is 37.3. The van der Waals surface area contributed by atoms with Gasteiger partial charge in [-0.15, -0.1) is 0 Å². The molecule has 0 aliphatic carbocycles. The Morgan fingerprint density at radius 1 is 1.29 bits per heavy atom. The normalized spacial score (nSPS) is 14.5. The van der Waals surface area contributed by atoms with Gasteiger partial charge in [0.2, 0.25) is 0 Å². The zero-order valence-electron chi connectivity index (χ0n) is 17.1. The summed E-state index contributed by atoms with van der Waals surface area (Å²) in [6, 6.07) is 8.78. The van der Waals surface area contributed by atoms with E-state index < -0.39 is 6.61 Å². The molecule has 1 saturated heterocycles. The first-order valence-electron chi connectivity index (χ1n) is 10.1. The largest absolute Gasteiger partial charge is 0.495 e. The fraction of sp³-hybridized carbons (Fsp3) is 0.364. The van der Waals surface area contributed by atoms with Crippen molar-refractivity contribution in [3.05, 3.63) is 42.2 Å². The molecule has 0 amide bonds. The smallest absolute Gasteiger partial charge is 0.387 e. The number of nitrogens with one attached hydrogen (secondary N) is 2. The average Bonchev–Trinajstić information content (AvgIpc) is 3.20. The summed E-state index contributed by atoms with van der Waals surface area (Å²) in [5, 5.41) is 16.2. The topological polar surface area (TPSA) is 83.6 Å². The summed E-state index contributed by atoms with van der Waals surface area (Å²) >= 11 is 0. The quantitative estimate of drug-likeness (QED) is 0.595. The van der Waals surface area contributed by atoms with Crippen LogP contribution in [0.1, 0.15) is 18.4 Å². The molecule has 162 valence electrons. The number of pyridine rings is 1. The third-order valence-corrected chi connectivity index (χ3v) is 5.48. The van der Waals surface area contributed by atoms with E-state index in [-0.39, 0.29) is 17.1 Å². The van der Waals surface area contributed by atoms with Gasteiger partial charge in [0, 0.05) is 30.1 Å². The number of anilines is 1. The molecule has 1 fully saturated rings. The molecule has 4 rings (SSSR count). The number of hydrogen-bond donors (Lipinski definition) is 2. The van der Waals surface area contributed by atoms with E-state index in [1.54, 1.807) is 12.3 Å². The number of hydrogen-bond acceptors (Lipinski definition) is 6. The second-order valence-electron chi connectivity index (χ2n) is 7.40. The Balaban J connectivity index is 1.63. The highest BCUT2D eigenvalue weighted by molar-refractivity contribution is 5.71. The van der Waals surface area contributed by atoms with Crippen LogP contribution < -0.4 is 20.1 Å². The number of ether oxygens (including phenoxy) is 2. The van der Waals surface area contributed by atoms with E-state index in [1.807, 2.05) is 28.8 Å². The van der Waals surface area contributed by atoms with Crippen LogP contribution in [0, 0.1) is 17.2 Å². The zero-order chi connectivity index (χ0) is 21.8. The van der Waals surface area contributed by atoms with Gasteiger partial charge in [0.15, 0.2) is 0 Å². The van der Waals surface area contributed by atoms with Gasteiger partial charge >= 0.3 is 6.61 Å². The molecule has 1 aliphatic heterocycles. The van der Waals surface area contributed by atoms with Gasteiger partial charge in [0.25, 0.3) is 0 Å². The summed E-state index contributed by atoms with van der Waals surface area (Å²) in [5.41, 5.74) is 2.83. The Labute approximate surface area is 178 Å². The summed E-state index contributed by atoms with van der Waals surface area (Å²) in [6.07, 6.45) is 5.85. The Morgan fingerprint density at radius 2 is 2.06 bits per heavy atom. The molecule has 1 aromatic carbocycles. The monoisotopic (exact) mass is 427 g/mol. The first-order chi connectivity index (χ1) is 15.1. The van der Waals surface area contributed by atoms with E-state index in [2.05, 4.69) is 20.4 Å². The predicted octanol–water partition coefficient (Wildman–Crippen LogP) is 3.89. The first-order valence-corrected chi connectivity index (χ1v) is 10.1. The third kappa shape index (κ3) is 4.54.